The van der Waals surface area contributed by atoms with Gasteiger partial charge >= 0.3 is 0 Å². The summed E-state index contributed by atoms with van der Waals surface area (Å²) in [6.07, 6.45) is 4.19. The summed E-state index contributed by atoms with van der Waals surface area (Å²) in [5.41, 5.74) is 2.52. The number of aryl methyl sites for hydroxylation is 2. The van der Waals surface area contributed by atoms with Gasteiger partial charge in [-0.3, -0.25) is 4.90 Å². The minimum atomic E-state index is 0.267. The largest absolute Gasteiger partial charge is 0.378 e. The number of rotatable bonds is 5. The zero-order chi connectivity index (χ0) is 14.5. The second-order valence-corrected chi connectivity index (χ2v) is 5.67. The first-order valence-electron chi connectivity index (χ1n) is 7.70. The SMILES string of the molecule is Cc1cnc([C@H]2COCCN2CCCc2ccccc2)[nH]1. The maximum Gasteiger partial charge on any atom is 0.126 e. The lowest BCUT2D eigenvalue weighted by Crippen LogP contribution is -2.40. The first-order valence-corrected chi connectivity index (χ1v) is 7.70. The molecule has 2 heterocycles. The average molecular weight is 285 g/mol. The Bertz CT molecular complexity index is 552. The van der Waals surface area contributed by atoms with Crippen LogP contribution in [0.1, 0.15) is 29.5 Å². The summed E-state index contributed by atoms with van der Waals surface area (Å²) in [6, 6.07) is 11.0. The topological polar surface area (TPSA) is 41.1 Å². The number of imidazole rings is 1. The molecule has 0 saturated carbocycles. The summed E-state index contributed by atoms with van der Waals surface area (Å²) < 4.78 is 5.64. The Hall–Kier alpha value is -1.65. The van der Waals surface area contributed by atoms with Gasteiger partial charge in [-0.15, -0.1) is 0 Å². The number of aromatic nitrogens is 2. The van der Waals surface area contributed by atoms with E-state index in [4.69, 9.17) is 4.74 Å². The van der Waals surface area contributed by atoms with Crippen LogP contribution < -0.4 is 0 Å². The van der Waals surface area contributed by atoms with Crippen molar-refractivity contribution in [1.82, 2.24) is 14.9 Å². The number of nitrogens with zero attached hydrogens (tertiary/aromatic N) is 2. The number of benzene rings is 1. The van der Waals surface area contributed by atoms with Crippen molar-refractivity contribution in [2.75, 3.05) is 26.3 Å². The second kappa shape index (κ2) is 6.87. The molecule has 0 radical (unpaired) electrons. The number of hydrogen-bond acceptors (Lipinski definition) is 3. The maximum absolute atomic E-state index is 5.64. The number of hydrogen-bond donors (Lipinski definition) is 1. The molecule has 112 valence electrons. The number of ether oxygens (including phenoxy) is 1. The molecule has 4 nitrogen and oxygen atoms in total. The fourth-order valence-corrected chi connectivity index (χ4v) is 2.89. The first-order chi connectivity index (χ1) is 10.3. The first kappa shape index (κ1) is 14.3. The molecule has 4 heteroatoms. The van der Waals surface area contributed by atoms with Crippen molar-refractivity contribution >= 4 is 0 Å². The standard InChI is InChI=1S/C17H23N3O/c1-14-12-18-17(19-14)16-13-21-11-10-20(16)9-5-8-15-6-3-2-4-7-15/h2-4,6-7,12,16H,5,8-11,13H2,1H3,(H,18,19)/t16-/m1/s1. The summed E-state index contributed by atoms with van der Waals surface area (Å²) in [6.45, 7) is 5.67. The van der Waals surface area contributed by atoms with Crippen molar-refractivity contribution in [1.29, 1.82) is 0 Å². The van der Waals surface area contributed by atoms with E-state index in [2.05, 4.69) is 45.2 Å². The summed E-state index contributed by atoms with van der Waals surface area (Å²) >= 11 is 0. The molecule has 1 aromatic carbocycles. The van der Waals surface area contributed by atoms with Gasteiger partial charge in [-0.1, -0.05) is 30.3 Å². The van der Waals surface area contributed by atoms with E-state index >= 15 is 0 Å². The number of aromatic amines is 1. The predicted octanol–water partition coefficient (Wildman–Crippen LogP) is 2.72. The van der Waals surface area contributed by atoms with Gasteiger partial charge in [0.05, 0.1) is 19.3 Å². The molecule has 1 saturated heterocycles. The van der Waals surface area contributed by atoms with Gasteiger partial charge in [0.1, 0.15) is 5.82 Å². The molecule has 1 atom stereocenters. The van der Waals surface area contributed by atoms with Crippen molar-refractivity contribution in [2.24, 2.45) is 0 Å². The molecule has 1 N–H and O–H groups in total. The molecule has 21 heavy (non-hydrogen) atoms. The third-order valence-electron chi connectivity index (χ3n) is 4.03. The number of nitrogens with one attached hydrogen (secondary N) is 1. The van der Waals surface area contributed by atoms with Gasteiger partial charge < -0.3 is 9.72 Å². The summed E-state index contributed by atoms with van der Waals surface area (Å²) in [5, 5.41) is 0. The molecule has 0 aliphatic carbocycles. The van der Waals surface area contributed by atoms with Crippen molar-refractivity contribution in [3.05, 3.63) is 53.6 Å². The number of morpholine rings is 1. The van der Waals surface area contributed by atoms with E-state index in [0.29, 0.717) is 0 Å². The average Bonchev–Trinajstić information content (AvgIpc) is 2.95. The van der Waals surface area contributed by atoms with Crippen molar-refractivity contribution < 1.29 is 4.74 Å². The molecule has 0 unspecified atom stereocenters. The third kappa shape index (κ3) is 3.71. The van der Waals surface area contributed by atoms with E-state index in [0.717, 1.165) is 44.2 Å². The highest BCUT2D eigenvalue weighted by Gasteiger charge is 2.26. The molecule has 1 aliphatic rings. The van der Waals surface area contributed by atoms with Gasteiger partial charge in [0.15, 0.2) is 0 Å². The summed E-state index contributed by atoms with van der Waals surface area (Å²) in [4.78, 5) is 10.3. The van der Waals surface area contributed by atoms with Gasteiger partial charge in [-0.05, 0) is 31.9 Å². The molecule has 3 rings (SSSR count). The Kier molecular flexibility index (Phi) is 4.68. The van der Waals surface area contributed by atoms with E-state index < -0.39 is 0 Å². The number of H-pyrrole nitrogens is 1. The van der Waals surface area contributed by atoms with Crippen LogP contribution in [-0.4, -0.2) is 41.2 Å². The van der Waals surface area contributed by atoms with Crippen LogP contribution >= 0.6 is 0 Å². The maximum atomic E-state index is 5.64. The molecular formula is C17H23N3O. The second-order valence-electron chi connectivity index (χ2n) is 5.67. The van der Waals surface area contributed by atoms with E-state index in [1.54, 1.807) is 0 Å². The Morgan fingerprint density at radius 2 is 2.19 bits per heavy atom. The highest BCUT2D eigenvalue weighted by atomic mass is 16.5. The van der Waals surface area contributed by atoms with Crippen LogP contribution in [0, 0.1) is 6.92 Å². The molecule has 1 aliphatic heterocycles. The van der Waals surface area contributed by atoms with Gasteiger partial charge in [-0.25, -0.2) is 4.98 Å². The van der Waals surface area contributed by atoms with Gasteiger partial charge in [0, 0.05) is 18.4 Å². The molecule has 0 amide bonds. The van der Waals surface area contributed by atoms with E-state index in [1.807, 2.05) is 13.1 Å². The van der Waals surface area contributed by atoms with Crippen molar-refractivity contribution in [3.8, 4) is 0 Å². The molecule has 0 spiro atoms. The molecule has 1 aromatic heterocycles. The minimum absolute atomic E-state index is 0.267. The highest BCUT2D eigenvalue weighted by molar-refractivity contribution is 5.14. The Labute approximate surface area is 126 Å². The van der Waals surface area contributed by atoms with Crippen molar-refractivity contribution in [2.45, 2.75) is 25.8 Å². The van der Waals surface area contributed by atoms with Gasteiger partial charge in [-0.2, -0.15) is 0 Å². The van der Waals surface area contributed by atoms with Crippen LogP contribution in [-0.2, 0) is 11.2 Å². The zero-order valence-corrected chi connectivity index (χ0v) is 12.6. The fraction of sp³-hybridized carbons (Fsp3) is 0.471. The summed E-state index contributed by atoms with van der Waals surface area (Å²) in [7, 11) is 0. The Morgan fingerprint density at radius 3 is 2.95 bits per heavy atom. The van der Waals surface area contributed by atoms with Crippen LogP contribution in [0.2, 0.25) is 0 Å². The van der Waals surface area contributed by atoms with Crippen LogP contribution in [0.25, 0.3) is 0 Å². The normalized spacial score (nSPS) is 19.8. The lowest BCUT2D eigenvalue weighted by atomic mass is 10.1. The highest BCUT2D eigenvalue weighted by Crippen LogP contribution is 2.22. The smallest absolute Gasteiger partial charge is 0.126 e. The van der Waals surface area contributed by atoms with Crippen LogP contribution in [0.3, 0.4) is 0 Å². The predicted molar refractivity (Wildman–Crippen MR) is 83.2 cm³/mol. The van der Waals surface area contributed by atoms with Gasteiger partial charge in [0.2, 0.25) is 0 Å². The molecule has 0 bridgehead atoms. The Morgan fingerprint density at radius 1 is 1.33 bits per heavy atom. The van der Waals surface area contributed by atoms with Crippen molar-refractivity contribution in [3.63, 3.8) is 0 Å². The van der Waals surface area contributed by atoms with Crippen LogP contribution in [0.4, 0.5) is 0 Å². The quantitative estimate of drug-likeness (QED) is 0.918. The molecule has 1 fully saturated rings. The Balaban J connectivity index is 1.57. The lowest BCUT2D eigenvalue weighted by Gasteiger charge is -2.34. The van der Waals surface area contributed by atoms with Crippen LogP contribution in [0.15, 0.2) is 36.5 Å². The van der Waals surface area contributed by atoms with E-state index in [-0.39, 0.29) is 6.04 Å². The zero-order valence-electron chi connectivity index (χ0n) is 12.6. The van der Waals surface area contributed by atoms with E-state index in [9.17, 15) is 0 Å². The molecular weight excluding hydrogens is 262 g/mol. The lowest BCUT2D eigenvalue weighted by molar-refractivity contribution is -0.0117. The minimum Gasteiger partial charge on any atom is -0.378 e. The monoisotopic (exact) mass is 285 g/mol. The van der Waals surface area contributed by atoms with Gasteiger partial charge in [0.25, 0.3) is 0 Å². The summed E-state index contributed by atoms with van der Waals surface area (Å²) in [5.74, 6) is 1.03. The fourth-order valence-electron chi connectivity index (χ4n) is 2.89. The third-order valence-corrected chi connectivity index (χ3v) is 4.03. The van der Waals surface area contributed by atoms with Crippen LogP contribution in [0.5, 0.6) is 0 Å². The van der Waals surface area contributed by atoms with E-state index in [1.165, 1.54) is 12.0 Å². The molecule has 2 aromatic rings.